The predicted octanol–water partition coefficient (Wildman–Crippen LogP) is 3.78. The van der Waals surface area contributed by atoms with E-state index < -0.39 is 5.60 Å². The van der Waals surface area contributed by atoms with Gasteiger partial charge in [0.25, 0.3) is 5.91 Å². The number of carbonyl (C=O) groups is 2. The van der Waals surface area contributed by atoms with Gasteiger partial charge in [-0.3, -0.25) is 9.48 Å². The topological polar surface area (TPSA) is 76.5 Å². The van der Waals surface area contributed by atoms with Gasteiger partial charge in [-0.15, -0.1) is 0 Å². The molecule has 2 amide bonds. The summed E-state index contributed by atoms with van der Waals surface area (Å²) in [5.74, 6) is 0.0836. The van der Waals surface area contributed by atoms with Crippen LogP contribution in [0.1, 0.15) is 61.6 Å². The van der Waals surface area contributed by atoms with E-state index in [-0.39, 0.29) is 17.9 Å². The van der Waals surface area contributed by atoms with Gasteiger partial charge in [0.2, 0.25) is 0 Å². The number of nitrogens with one attached hydrogen (secondary N) is 1. The summed E-state index contributed by atoms with van der Waals surface area (Å²) in [5.41, 5.74) is 2.11. The van der Waals surface area contributed by atoms with Gasteiger partial charge < -0.3 is 15.0 Å². The van der Waals surface area contributed by atoms with Crippen LogP contribution in [0, 0.1) is 5.92 Å². The third kappa shape index (κ3) is 6.57. The predicted molar refractivity (Wildman–Crippen MR) is 120 cm³/mol. The Morgan fingerprint density at radius 2 is 1.94 bits per heavy atom. The molecule has 1 unspecified atom stereocenters. The smallest absolute Gasteiger partial charge is 0.410 e. The highest BCUT2D eigenvalue weighted by atomic mass is 16.6. The largest absolute Gasteiger partial charge is 0.444 e. The molecule has 1 saturated heterocycles. The van der Waals surface area contributed by atoms with Gasteiger partial charge >= 0.3 is 6.09 Å². The molecule has 1 aliphatic rings. The van der Waals surface area contributed by atoms with Gasteiger partial charge in [0, 0.05) is 33.1 Å². The molecule has 0 aliphatic carbocycles. The number of likely N-dealkylation sites (tertiary alicyclic amines) is 1. The first-order valence-corrected chi connectivity index (χ1v) is 11.0. The Balaban J connectivity index is 1.60. The van der Waals surface area contributed by atoms with Gasteiger partial charge in [-0.05, 0) is 45.1 Å². The fourth-order valence-electron chi connectivity index (χ4n) is 3.87. The van der Waals surface area contributed by atoms with E-state index in [1.165, 1.54) is 0 Å². The number of benzene rings is 1. The summed E-state index contributed by atoms with van der Waals surface area (Å²) in [4.78, 5) is 27.2. The second-order valence-corrected chi connectivity index (χ2v) is 9.29. The second-order valence-electron chi connectivity index (χ2n) is 9.29. The highest BCUT2D eigenvalue weighted by molar-refractivity contribution is 5.95. The summed E-state index contributed by atoms with van der Waals surface area (Å²) in [5, 5.41) is 7.37. The van der Waals surface area contributed by atoms with Crippen molar-refractivity contribution in [2.45, 2.75) is 52.1 Å². The zero-order chi connectivity index (χ0) is 22.4. The van der Waals surface area contributed by atoms with Crippen molar-refractivity contribution in [2.75, 3.05) is 19.6 Å². The molecule has 3 rings (SSSR count). The van der Waals surface area contributed by atoms with E-state index in [4.69, 9.17) is 4.74 Å². The molecular formula is C24H34N4O3. The van der Waals surface area contributed by atoms with Crippen LogP contribution in [0.5, 0.6) is 0 Å². The number of rotatable bonds is 5. The molecule has 1 N–H and O–H groups in total. The minimum absolute atomic E-state index is 0.118. The SMILES string of the molecule is Cn1ncc(C(=O)NCC2CCCCN(C(=O)OC(C)(C)C)C2)c1Cc1ccccc1. The van der Waals surface area contributed by atoms with Crippen LogP contribution in [0.2, 0.25) is 0 Å². The molecule has 2 heterocycles. The number of carbonyl (C=O) groups excluding carboxylic acids is 2. The van der Waals surface area contributed by atoms with E-state index in [1.807, 2.05) is 58.2 Å². The van der Waals surface area contributed by atoms with Crippen molar-refractivity contribution in [2.24, 2.45) is 13.0 Å². The van der Waals surface area contributed by atoms with Crippen LogP contribution in [0.15, 0.2) is 36.5 Å². The van der Waals surface area contributed by atoms with E-state index >= 15 is 0 Å². The Morgan fingerprint density at radius 3 is 2.65 bits per heavy atom. The molecule has 7 heteroatoms. The summed E-state index contributed by atoms with van der Waals surface area (Å²) >= 11 is 0. The number of ether oxygens (including phenoxy) is 1. The van der Waals surface area contributed by atoms with Crippen LogP contribution in [0.25, 0.3) is 0 Å². The molecule has 1 aromatic carbocycles. The Bertz CT molecular complexity index is 886. The number of amides is 2. The molecule has 168 valence electrons. The second kappa shape index (κ2) is 9.98. The summed E-state index contributed by atoms with van der Waals surface area (Å²) in [6.45, 7) is 7.45. The highest BCUT2D eigenvalue weighted by Gasteiger charge is 2.27. The molecule has 1 aliphatic heterocycles. The normalized spacial score (nSPS) is 17.2. The van der Waals surface area contributed by atoms with Gasteiger partial charge in [0.05, 0.1) is 17.5 Å². The highest BCUT2D eigenvalue weighted by Crippen LogP contribution is 2.19. The fraction of sp³-hybridized carbons (Fsp3) is 0.542. The van der Waals surface area contributed by atoms with Crippen molar-refractivity contribution >= 4 is 12.0 Å². The van der Waals surface area contributed by atoms with Crippen LogP contribution in [0.3, 0.4) is 0 Å². The molecule has 0 bridgehead atoms. The summed E-state index contributed by atoms with van der Waals surface area (Å²) < 4.78 is 7.30. The van der Waals surface area contributed by atoms with E-state index in [9.17, 15) is 9.59 Å². The minimum Gasteiger partial charge on any atom is -0.444 e. The van der Waals surface area contributed by atoms with Crippen molar-refractivity contribution in [3.63, 3.8) is 0 Å². The first kappa shape index (κ1) is 22.8. The summed E-state index contributed by atoms with van der Waals surface area (Å²) in [6.07, 6.45) is 4.97. The number of hydrogen-bond donors (Lipinski definition) is 1. The van der Waals surface area contributed by atoms with Crippen LogP contribution < -0.4 is 5.32 Å². The molecule has 0 radical (unpaired) electrons. The van der Waals surface area contributed by atoms with Crippen LogP contribution >= 0.6 is 0 Å². The van der Waals surface area contributed by atoms with Crippen molar-refractivity contribution in [3.05, 3.63) is 53.3 Å². The molecule has 1 atom stereocenters. The van der Waals surface area contributed by atoms with Gasteiger partial charge in [-0.1, -0.05) is 36.8 Å². The van der Waals surface area contributed by atoms with Crippen molar-refractivity contribution in [1.82, 2.24) is 20.0 Å². The lowest BCUT2D eigenvalue weighted by molar-refractivity contribution is 0.0235. The number of aryl methyl sites for hydroxylation is 1. The molecular weight excluding hydrogens is 392 g/mol. The lowest BCUT2D eigenvalue weighted by atomic mass is 10.0. The third-order valence-electron chi connectivity index (χ3n) is 5.49. The zero-order valence-electron chi connectivity index (χ0n) is 19.1. The van der Waals surface area contributed by atoms with Crippen LogP contribution in [-0.2, 0) is 18.2 Å². The first-order chi connectivity index (χ1) is 14.7. The maximum absolute atomic E-state index is 12.9. The average molecular weight is 427 g/mol. The molecule has 1 fully saturated rings. The van der Waals surface area contributed by atoms with Gasteiger partial charge in [0.1, 0.15) is 5.60 Å². The Morgan fingerprint density at radius 1 is 1.19 bits per heavy atom. The van der Waals surface area contributed by atoms with Gasteiger partial charge in [-0.25, -0.2) is 4.79 Å². The van der Waals surface area contributed by atoms with Crippen molar-refractivity contribution in [1.29, 1.82) is 0 Å². The maximum Gasteiger partial charge on any atom is 0.410 e. The van der Waals surface area contributed by atoms with E-state index in [2.05, 4.69) is 10.4 Å². The molecule has 31 heavy (non-hydrogen) atoms. The van der Waals surface area contributed by atoms with E-state index in [0.717, 1.165) is 30.5 Å². The van der Waals surface area contributed by atoms with E-state index in [0.29, 0.717) is 31.6 Å². The summed E-state index contributed by atoms with van der Waals surface area (Å²) in [6, 6.07) is 10.1. The Labute approximate surface area is 184 Å². The molecule has 1 aromatic heterocycles. The first-order valence-electron chi connectivity index (χ1n) is 11.0. The van der Waals surface area contributed by atoms with E-state index in [1.54, 1.807) is 15.8 Å². The molecule has 0 saturated carbocycles. The minimum atomic E-state index is -0.511. The number of aromatic nitrogens is 2. The maximum atomic E-state index is 12.9. The van der Waals surface area contributed by atoms with Gasteiger partial charge in [-0.2, -0.15) is 5.10 Å². The third-order valence-corrected chi connectivity index (χ3v) is 5.49. The molecule has 0 spiro atoms. The Kier molecular flexibility index (Phi) is 7.36. The Hall–Kier alpha value is -2.83. The van der Waals surface area contributed by atoms with Crippen LogP contribution in [0.4, 0.5) is 4.79 Å². The zero-order valence-corrected chi connectivity index (χ0v) is 19.1. The molecule has 7 nitrogen and oxygen atoms in total. The number of hydrogen-bond acceptors (Lipinski definition) is 4. The van der Waals surface area contributed by atoms with Crippen molar-refractivity contribution < 1.29 is 14.3 Å². The van der Waals surface area contributed by atoms with Gasteiger partial charge in [0.15, 0.2) is 0 Å². The van der Waals surface area contributed by atoms with Crippen LogP contribution in [-0.4, -0.2) is 51.9 Å². The molecule has 2 aromatic rings. The quantitative estimate of drug-likeness (QED) is 0.789. The standard InChI is InChI=1S/C24H34N4O3/c1-24(2,3)31-23(30)28-13-9-8-12-19(17-28)15-25-22(29)20-16-26-27(4)21(20)14-18-10-6-5-7-11-18/h5-7,10-11,16,19H,8-9,12-15,17H2,1-4H3,(H,25,29). The monoisotopic (exact) mass is 426 g/mol. The lowest BCUT2D eigenvalue weighted by Gasteiger charge is -2.28. The summed E-state index contributed by atoms with van der Waals surface area (Å²) in [7, 11) is 1.86. The van der Waals surface area contributed by atoms with Crippen molar-refractivity contribution in [3.8, 4) is 0 Å². The fourth-order valence-corrected chi connectivity index (χ4v) is 3.87. The lowest BCUT2D eigenvalue weighted by Crippen LogP contribution is -2.41. The average Bonchev–Trinajstić information content (AvgIpc) is 2.92. The number of nitrogens with zero attached hydrogens (tertiary/aromatic N) is 3.